The zero-order chi connectivity index (χ0) is 18.9. The number of rotatable bonds is 3. The van der Waals surface area contributed by atoms with E-state index in [0.717, 1.165) is 32.8 Å². The Morgan fingerprint density at radius 1 is 0.893 bits per heavy atom. The van der Waals surface area contributed by atoms with Crippen LogP contribution in [-0.2, 0) is 0 Å². The van der Waals surface area contributed by atoms with Crippen molar-refractivity contribution in [3.8, 4) is 32.8 Å². The Balaban J connectivity index is 1.89. The number of aromatic nitrogens is 2. The van der Waals surface area contributed by atoms with Crippen molar-refractivity contribution in [2.24, 2.45) is 0 Å². The highest BCUT2D eigenvalue weighted by molar-refractivity contribution is 7.13. The van der Waals surface area contributed by atoms with Crippen molar-refractivity contribution in [1.82, 2.24) is 9.97 Å². The second kappa shape index (κ2) is 6.91. The second-order valence-electron chi connectivity index (χ2n) is 6.44. The molecule has 1 radical (unpaired) electrons. The van der Waals surface area contributed by atoms with Crippen LogP contribution in [-0.4, -0.2) is 9.97 Å². The molecule has 0 saturated heterocycles. The molecule has 3 aromatic heterocycles. The van der Waals surface area contributed by atoms with Gasteiger partial charge >= 0.3 is 0 Å². The lowest BCUT2D eigenvalue weighted by atomic mass is 9.97. The molecule has 3 heterocycles. The number of pyridine rings is 2. The lowest BCUT2D eigenvalue weighted by Crippen LogP contribution is -2.08. The number of hydrogen-bond donors (Lipinski definition) is 1. The number of nitrogens with zero attached hydrogens (tertiary/aromatic N) is 1. The monoisotopic (exact) mass is 379 g/mol. The molecular weight excluding hydrogens is 364 g/mol. The molecule has 0 atom stereocenters. The second-order valence-corrected chi connectivity index (χ2v) is 7.39. The van der Waals surface area contributed by atoms with E-state index in [1.54, 1.807) is 17.5 Å². The van der Waals surface area contributed by atoms with Gasteiger partial charge in [-0.2, -0.15) is 0 Å². The summed E-state index contributed by atoms with van der Waals surface area (Å²) < 4.78 is 0. The van der Waals surface area contributed by atoms with E-state index in [-0.39, 0.29) is 5.56 Å². The first-order chi connectivity index (χ1) is 13.8. The lowest BCUT2D eigenvalue weighted by molar-refractivity contribution is 1.26. The van der Waals surface area contributed by atoms with Crippen molar-refractivity contribution in [2.75, 3.05) is 0 Å². The summed E-state index contributed by atoms with van der Waals surface area (Å²) in [6, 6.07) is 26.9. The Kier molecular flexibility index (Phi) is 4.11. The van der Waals surface area contributed by atoms with Gasteiger partial charge in [0, 0.05) is 27.8 Å². The molecule has 0 fully saturated rings. The van der Waals surface area contributed by atoms with Crippen LogP contribution in [0, 0.1) is 6.07 Å². The first kappa shape index (κ1) is 16.7. The topological polar surface area (TPSA) is 45.8 Å². The van der Waals surface area contributed by atoms with E-state index in [0.29, 0.717) is 10.9 Å². The maximum atomic E-state index is 12.6. The summed E-state index contributed by atoms with van der Waals surface area (Å²) in [6.07, 6.45) is 1.76. The fourth-order valence-corrected chi connectivity index (χ4v) is 4.14. The fraction of sp³-hybridized carbons (Fsp3) is 0. The third-order valence-electron chi connectivity index (χ3n) is 4.73. The highest BCUT2D eigenvalue weighted by Gasteiger charge is 2.16. The predicted octanol–water partition coefficient (Wildman–Crippen LogP) is 5.79. The highest BCUT2D eigenvalue weighted by Crippen LogP contribution is 2.36. The fourth-order valence-electron chi connectivity index (χ4n) is 3.40. The Morgan fingerprint density at radius 3 is 2.46 bits per heavy atom. The van der Waals surface area contributed by atoms with Crippen LogP contribution in [0.4, 0.5) is 0 Å². The van der Waals surface area contributed by atoms with E-state index in [2.05, 4.69) is 11.1 Å². The third-order valence-corrected chi connectivity index (χ3v) is 5.64. The van der Waals surface area contributed by atoms with E-state index in [1.807, 2.05) is 78.2 Å². The van der Waals surface area contributed by atoms with Gasteiger partial charge in [0.05, 0.1) is 16.6 Å². The molecule has 0 unspecified atom stereocenters. The Morgan fingerprint density at radius 2 is 1.71 bits per heavy atom. The quantitative estimate of drug-likeness (QED) is 0.431. The summed E-state index contributed by atoms with van der Waals surface area (Å²) in [4.78, 5) is 21.6. The normalized spacial score (nSPS) is 11.0. The van der Waals surface area contributed by atoms with Crippen molar-refractivity contribution in [2.45, 2.75) is 0 Å². The first-order valence-electron chi connectivity index (χ1n) is 8.93. The molecule has 5 rings (SSSR count). The van der Waals surface area contributed by atoms with Crippen LogP contribution in [0.5, 0.6) is 0 Å². The molecule has 0 aliphatic heterocycles. The molecule has 28 heavy (non-hydrogen) atoms. The summed E-state index contributed by atoms with van der Waals surface area (Å²) in [5.41, 5.74) is 5.34. The minimum Gasteiger partial charge on any atom is -0.328 e. The highest BCUT2D eigenvalue weighted by atomic mass is 32.1. The maximum Gasteiger partial charge on any atom is 0.257 e. The molecule has 3 nitrogen and oxygen atoms in total. The van der Waals surface area contributed by atoms with E-state index in [4.69, 9.17) is 4.98 Å². The van der Waals surface area contributed by atoms with Crippen LogP contribution in [0.15, 0.2) is 89.2 Å². The SMILES string of the molecule is O=c1[nH]cc(-c2cccs2)c2nc(-c3cc[c]cc3)c(-c3ccccc3)cc12. The van der Waals surface area contributed by atoms with Crippen LogP contribution in [0.3, 0.4) is 0 Å². The van der Waals surface area contributed by atoms with Gasteiger partial charge in [0.2, 0.25) is 0 Å². The first-order valence-corrected chi connectivity index (χ1v) is 9.81. The summed E-state index contributed by atoms with van der Waals surface area (Å²) in [6.45, 7) is 0. The van der Waals surface area contributed by atoms with Gasteiger partial charge in [0.15, 0.2) is 0 Å². The molecule has 0 amide bonds. The Hall–Kier alpha value is -3.50. The summed E-state index contributed by atoms with van der Waals surface area (Å²) >= 11 is 1.63. The summed E-state index contributed by atoms with van der Waals surface area (Å²) in [5.74, 6) is 0. The number of aromatic amines is 1. The zero-order valence-electron chi connectivity index (χ0n) is 14.8. The number of hydrogen-bond acceptors (Lipinski definition) is 3. The smallest absolute Gasteiger partial charge is 0.257 e. The van der Waals surface area contributed by atoms with Gasteiger partial charge in [-0.15, -0.1) is 11.3 Å². The van der Waals surface area contributed by atoms with Crippen molar-refractivity contribution in [1.29, 1.82) is 0 Å². The lowest BCUT2D eigenvalue weighted by Gasteiger charge is -2.13. The molecule has 0 bridgehead atoms. The van der Waals surface area contributed by atoms with E-state index in [9.17, 15) is 4.79 Å². The largest absolute Gasteiger partial charge is 0.328 e. The zero-order valence-corrected chi connectivity index (χ0v) is 15.7. The Bertz CT molecular complexity index is 1310. The molecule has 0 aliphatic carbocycles. The van der Waals surface area contributed by atoms with Gasteiger partial charge < -0.3 is 4.98 Å². The van der Waals surface area contributed by atoms with Crippen molar-refractivity contribution in [3.63, 3.8) is 0 Å². The minimum atomic E-state index is -0.132. The third kappa shape index (κ3) is 2.84. The van der Waals surface area contributed by atoms with Crippen molar-refractivity contribution in [3.05, 3.63) is 101 Å². The van der Waals surface area contributed by atoms with Gasteiger partial charge in [-0.25, -0.2) is 4.98 Å². The molecule has 0 spiro atoms. The van der Waals surface area contributed by atoms with E-state index < -0.39 is 0 Å². The summed E-state index contributed by atoms with van der Waals surface area (Å²) in [5, 5.41) is 2.62. The van der Waals surface area contributed by atoms with Crippen molar-refractivity contribution >= 4 is 22.2 Å². The number of thiophene rings is 1. The average Bonchev–Trinajstić information content (AvgIpc) is 3.29. The van der Waals surface area contributed by atoms with Crippen LogP contribution < -0.4 is 5.56 Å². The van der Waals surface area contributed by atoms with Gasteiger partial charge in [0.1, 0.15) is 0 Å². The number of H-pyrrole nitrogens is 1. The predicted molar refractivity (Wildman–Crippen MR) is 115 cm³/mol. The van der Waals surface area contributed by atoms with Crippen LogP contribution >= 0.6 is 11.3 Å². The van der Waals surface area contributed by atoms with E-state index >= 15 is 0 Å². The molecule has 1 N–H and O–H groups in total. The standard InChI is InChI=1S/C24H15N2OS/c27-24-19-14-18(16-8-3-1-4-9-16)22(17-10-5-2-6-11-17)26-23(19)20(15-25-24)21-12-7-13-28-21/h1,3-15H,(H,25,27). The maximum absolute atomic E-state index is 12.6. The number of nitrogens with one attached hydrogen (secondary N) is 1. The average molecular weight is 379 g/mol. The van der Waals surface area contributed by atoms with Crippen molar-refractivity contribution < 1.29 is 0 Å². The molecule has 0 aliphatic rings. The van der Waals surface area contributed by atoms with Gasteiger partial charge in [-0.3, -0.25) is 4.79 Å². The number of benzene rings is 2. The van der Waals surface area contributed by atoms with Gasteiger partial charge in [-0.05, 0) is 29.1 Å². The van der Waals surface area contributed by atoms with Crippen LogP contribution in [0.25, 0.3) is 43.7 Å². The Labute approximate surface area is 166 Å². The van der Waals surface area contributed by atoms with Crippen LogP contribution in [0.1, 0.15) is 0 Å². The van der Waals surface area contributed by atoms with E-state index in [1.165, 1.54) is 0 Å². The van der Waals surface area contributed by atoms with Gasteiger partial charge in [0.25, 0.3) is 5.56 Å². The molecule has 5 aromatic rings. The molecule has 2 aromatic carbocycles. The number of fused-ring (bicyclic) bond motifs is 1. The molecule has 4 heteroatoms. The molecular formula is C24H15N2OS. The molecule has 0 saturated carbocycles. The van der Waals surface area contributed by atoms with Crippen LogP contribution in [0.2, 0.25) is 0 Å². The minimum absolute atomic E-state index is 0.132. The summed E-state index contributed by atoms with van der Waals surface area (Å²) in [7, 11) is 0. The molecule has 133 valence electrons. The van der Waals surface area contributed by atoms with Gasteiger partial charge in [-0.1, -0.05) is 60.7 Å².